The largest absolute Gasteiger partial charge is 0.381 e. The van der Waals surface area contributed by atoms with Crippen LogP contribution in [0, 0.1) is 17.8 Å². The summed E-state index contributed by atoms with van der Waals surface area (Å²) in [4.78, 5) is 2.72. The Bertz CT molecular complexity index is 231. The van der Waals surface area contributed by atoms with E-state index in [-0.39, 0.29) is 0 Å². The highest BCUT2D eigenvalue weighted by Crippen LogP contribution is 2.36. The lowest BCUT2D eigenvalue weighted by molar-refractivity contribution is 0.113. The van der Waals surface area contributed by atoms with Gasteiger partial charge >= 0.3 is 0 Å². The summed E-state index contributed by atoms with van der Waals surface area (Å²) in [6.45, 7) is 5.30. The van der Waals surface area contributed by atoms with Gasteiger partial charge in [-0.2, -0.15) is 0 Å². The zero-order valence-electron chi connectivity index (χ0n) is 10.8. The van der Waals surface area contributed by atoms with Crippen molar-refractivity contribution in [2.24, 2.45) is 23.5 Å². The van der Waals surface area contributed by atoms with Crippen LogP contribution in [-0.4, -0.2) is 43.8 Å². The van der Waals surface area contributed by atoms with Gasteiger partial charge in [-0.05, 0) is 43.9 Å². The van der Waals surface area contributed by atoms with E-state index in [0.717, 1.165) is 31.6 Å². The van der Waals surface area contributed by atoms with Crippen LogP contribution in [0.2, 0.25) is 0 Å². The quantitative estimate of drug-likeness (QED) is 0.730. The van der Waals surface area contributed by atoms with Crippen LogP contribution < -0.4 is 5.73 Å². The first-order chi connectivity index (χ1) is 8.36. The molecule has 2 unspecified atom stereocenters. The van der Waals surface area contributed by atoms with Crippen molar-refractivity contribution in [3.63, 3.8) is 0 Å². The van der Waals surface area contributed by atoms with Gasteiger partial charge in [0.05, 0.1) is 6.61 Å². The van der Waals surface area contributed by atoms with Gasteiger partial charge in [-0.25, -0.2) is 0 Å². The van der Waals surface area contributed by atoms with E-state index in [1.807, 2.05) is 0 Å². The normalized spacial score (nSPS) is 31.1. The van der Waals surface area contributed by atoms with Crippen LogP contribution in [0.4, 0.5) is 0 Å². The molecular formula is C14H26N2O. The van der Waals surface area contributed by atoms with Crippen LogP contribution >= 0.6 is 0 Å². The van der Waals surface area contributed by atoms with E-state index in [2.05, 4.69) is 4.90 Å². The molecule has 98 valence electrons. The van der Waals surface area contributed by atoms with Crippen LogP contribution in [0.25, 0.3) is 0 Å². The molecule has 2 atom stereocenters. The van der Waals surface area contributed by atoms with Crippen molar-refractivity contribution in [2.75, 3.05) is 32.8 Å². The first kappa shape index (κ1) is 11.9. The van der Waals surface area contributed by atoms with E-state index >= 15 is 0 Å². The second-order valence-electron chi connectivity index (χ2n) is 6.27. The minimum absolute atomic E-state index is 0.582. The third-order valence-corrected chi connectivity index (χ3v) is 4.60. The molecule has 3 nitrogen and oxygen atoms in total. The van der Waals surface area contributed by atoms with Crippen LogP contribution in [0.3, 0.4) is 0 Å². The minimum Gasteiger partial charge on any atom is -0.381 e. The summed E-state index contributed by atoms with van der Waals surface area (Å²) in [5.41, 5.74) is 6.05. The lowest BCUT2D eigenvalue weighted by Crippen LogP contribution is -2.47. The van der Waals surface area contributed by atoms with Gasteiger partial charge in [0.1, 0.15) is 0 Å². The van der Waals surface area contributed by atoms with Gasteiger partial charge in [-0.15, -0.1) is 0 Å². The maximum Gasteiger partial charge on any atom is 0.0510 e. The van der Waals surface area contributed by atoms with Crippen molar-refractivity contribution in [2.45, 2.75) is 38.1 Å². The number of nitrogens with zero attached hydrogens (tertiary/aromatic N) is 1. The van der Waals surface area contributed by atoms with Gasteiger partial charge in [-0.1, -0.05) is 0 Å². The number of hydrogen-bond acceptors (Lipinski definition) is 3. The van der Waals surface area contributed by atoms with Crippen LogP contribution in [0.15, 0.2) is 0 Å². The van der Waals surface area contributed by atoms with Gasteiger partial charge < -0.3 is 10.5 Å². The molecule has 1 saturated heterocycles. The summed E-state index contributed by atoms with van der Waals surface area (Å²) in [6.07, 6.45) is 6.99. The zero-order chi connectivity index (χ0) is 11.7. The summed E-state index contributed by atoms with van der Waals surface area (Å²) in [7, 11) is 0. The van der Waals surface area contributed by atoms with Crippen molar-refractivity contribution < 1.29 is 4.74 Å². The molecule has 2 aliphatic carbocycles. The highest BCUT2D eigenvalue weighted by molar-refractivity contribution is 4.89. The molecule has 3 fully saturated rings. The molecule has 3 aliphatic rings. The molecule has 3 rings (SSSR count). The fraction of sp³-hybridized carbons (Fsp3) is 1.00. The summed E-state index contributed by atoms with van der Waals surface area (Å²) < 4.78 is 5.55. The third kappa shape index (κ3) is 3.21. The van der Waals surface area contributed by atoms with E-state index in [4.69, 9.17) is 10.5 Å². The van der Waals surface area contributed by atoms with Crippen molar-refractivity contribution in [3.8, 4) is 0 Å². The molecule has 1 heterocycles. The van der Waals surface area contributed by atoms with E-state index in [1.165, 1.54) is 45.2 Å². The molecule has 0 aromatic rings. The fourth-order valence-electron chi connectivity index (χ4n) is 3.11. The Kier molecular flexibility index (Phi) is 3.69. The number of hydrogen-bond donors (Lipinski definition) is 1. The predicted molar refractivity (Wildman–Crippen MR) is 68.8 cm³/mol. The van der Waals surface area contributed by atoms with Crippen LogP contribution in [0.5, 0.6) is 0 Å². The maximum atomic E-state index is 6.05. The number of ether oxygens (including phenoxy) is 1. The number of rotatable bonds is 7. The Morgan fingerprint density at radius 3 is 2.12 bits per heavy atom. The maximum absolute atomic E-state index is 6.05. The van der Waals surface area contributed by atoms with Gasteiger partial charge in [0.2, 0.25) is 0 Å². The van der Waals surface area contributed by atoms with Gasteiger partial charge in [-0.3, -0.25) is 4.90 Å². The second-order valence-corrected chi connectivity index (χ2v) is 6.27. The highest BCUT2D eigenvalue weighted by Gasteiger charge is 2.36. The van der Waals surface area contributed by atoms with Crippen molar-refractivity contribution in [1.29, 1.82) is 0 Å². The lowest BCUT2D eigenvalue weighted by Gasteiger charge is -2.34. The topological polar surface area (TPSA) is 38.5 Å². The molecule has 2 saturated carbocycles. The monoisotopic (exact) mass is 238 g/mol. The molecule has 2 N–H and O–H groups in total. The Labute approximate surface area is 105 Å². The standard InChI is InChI=1S/C14H26N2O/c15-7-14(13-5-6-17-10-13)16(8-11-1-2-11)9-12-3-4-12/h11-14H,1-10,15H2. The van der Waals surface area contributed by atoms with E-state index < -0.39 is 0 Å². The Morgan fingerprint density at radius 1 is 1.06 bits per heavy atom. The third-order valence-electron chi connectivity index (χ3n) is 4.60. The van der Waals surface area contributed by atoms with Crippen molar-refractivity contribution in [1.82, 2.24) is 4.90 Å². The Hall–Kier alpha value is -0.120. The summed E-state index contributed by atoms with van der Waals surface area (Å²) in [5.74, 6) is 2.65. The fourth-order valence-corrected chi connectivity index (χ4v) is 3.11. The lowest BCUT2D eigenvalue weighted by atomic mass is 9.96. The molecule has 0 spiro atoms. The second kappa shape index (κ2) is 5.25. The molecule has 3 heteroatoms. The molecule has 0 radical (unpaired) electrons. The number of nitrogens with two attached hydrogens (primary N) is 1. The first-order valence-electron chi connectivity index (χ1n) is 7.38. The predicted octanol–water partition coefficient (Wildman–Crippen LogP) is 1.47. The van der Waals surface area contributed by atoms with Crippen molar-refractivity contribution in [3.05, 3.63) is 0 Å². The average Bonchev–Trinajstić information content (AvgIpc) is 3.24. The molecule has 0 bridgehead atoms. The zero-order valence-corrected chi connectivity index (χ0v) is 10.8. The summed E-state index contributed by atoms with van der Waals surface area (Å²) >= 11 is 0. The minimum atomic E-state index is 0.582. The van der Waals surface area contributed by atoms with E-state index in [0.29, 0.717) is 12.0 Å². The van der Waals surface area contributed by atoms with Gasteiger partial charge in [0, 0.05) is 38.2 Å². The smallest absolute Gasteiger partial charge is 0.0510 e. The van der Waals surface area contributed by atoms with Gasteiger partial charge in [0.15, 0.2) is 0 Å². The molecule has 0 aromatic carbocycles. The molecule has 0 aromatic heterocycles. The highest BCUT2D eigenvalue weighted by atomic mass is 16.5. The van der Waals surface area contributed by atoms with E-state index in [9.17, 15) is 0 Å². The molecule has 0 amide bonds. The molecule has 17 heavy (non-hydrogen) atoms. The SMILES string of the molecule is NCC(C1CCOC1)N(CC1CC1)CC1CC1. The van der Waals surface area contributed by atoms with Crippen LogP contribution in [0.1, 0.15) is 32.1 Å². The summed E-state index contributed by atoms with van der Waals surface area (Å²) in [5, 5.41) is 0. The Morgan fingerprint density at radius 2 is 1.71 bits per heavy atom. The molecular weight excluding hydrogens is 212 g/mol. The molecule has 1 aliphatic heterocycles. The van der Waals surface area contributed by atoms with Crippen LogP contribution in [-0.2, 0) is 4.74 Å². The van der Waals surface area contributed by atoms with Crippen molar-refractivity contribution >= 4 is 0 Å². The van der Waals surface area contributed by atoms with E-state index in [1.54, 1.807) is 0 Å². The first-order valence-corrected chi connectivity index (χ1v) is 7.38. The average molecular weight is 238 g/mol. The van der Waals surface area contributed by atoms with Gasteiger partial charge in [0.25, 0.3) is 0 Å². The Balaban J connectivity index is 1.59. The summed E-state index contributed by atoms with van der Waals surface area (Å²) in [6, 6.07) is 0.582.